The lowest BCUT2D eigenvalue weighted by atomic mass is 10.0. The molecule has 1 aromatic heterocycles. The van der Waals surface area contributed by atoms with Crippen LogP contribution in [0.15, 0.2) is 29.6 Å². The molecule has 3 rings (SSSR count). The first-order valence-electron chi connectivity index (χ1n) is 6.42. The maximum Gasteiger partial charge on any atom is 0.0938 e. The molecule has 0 atom stereocenters. The average molecular weight is 258 g/mol. The fraction of sp³-hybridized carbons (Fsp3) is 0.400. The lowest BCUT2D eigenvalue weighted by Crippen LogP contribution is -2.17. The molecule has 3 heteroatoms. The molecule has 94 valence electrons. The Balaban J connectivity index is 1.81. The van der Waals surface area contributed by atoms with Crippen LogP contribution in [-0.2, 0) is 6.42 Å². The Labute approximate surface area is 112 Å². The van der Waals surface area contributed by atoms with Crippen LogP contribution >= 0.6 is 11.3 Å². The maximum atomic E-state index is 5.83. The van der Waals surface area contributed by atoms with Crippen LogP contribution in [0.3, 0.4) is 0 Å². The van der Waals surface area contributed by atoms with E-state index in [1.54, 1.807) is 11.3 Å². The third kappa shape index (κ3) is 2.33. The van der Waals surface area contributed by atoms with E-state index in [0.717, 1.165) is 18.7 Å². The summed E-state index contributed by atoms with van der Waals surface area (Å²) >= 11 is 1.77. The minimum atomic E-state index is 0.377. The van der Waals surface area contributed by atoms with Crippen LogP contribution in [0.4, 0.5) is 0 Å². The molecular weight excluding hydrogens is 240 g/mol. The molecule has 1 saturated carbocycles. The molecule has 1 aliphatic rings. The van der Waals surface area contributed by atoms with E-state index in [2.05, 4.69) is 36.6 Å². The molecule has 0 saturated heterocycles. The van der Waals surface area contributed by atoms with Crippen molar-refractivity contribution >= 4 is 11.3 Å². The molecule has 1 aromatic carbocycles. The molecule has 2 nitrogen and oxygen atoms in total. The van der Waals surface area contributed by atoms with Crippen molar-refractivity contribution in [3.63, 3.8) is 0 Å². The maximum absolute atomic E-state index is 5.83. The predicted molar refractivity (Wildman–Crippen MR) is 76.7 cm³/mol. The van der Waals surface area contributed by atoms with Crippen LogP contribution in [0.1, 0.15) is 23.4 Å². The summed E-state index contributed by atoms with van der Waals surface area (Å²) in [5, 5.41) is 3.39. The minimum Gasteiger partial charge on any atom is -0.330 e. The smallest absolute Gasteiger partial charge is 0.0938 e. The van der Waals surface area contributed by atoms with Gasteiger partial charge < -0.3 is 5.73 Å². The summed E-state index contributed by atoms with van der Waals surface area (Å²) in [5.41, 5.74) is 9.81. The van der Waals surface area contributed by atoms with Crippen molar-refractivity contribution in [2.75, 3.05) is 6.54 Å². The second-order valence-corrected chi connectivity index (χ2v) is 6.32. The van der Waals surface area contributed by atoms with E-state index in [4.69, 9.17) is 10.7 Å². The predicted octanol–water partition coefficient (Wildman–Crippen LogP) is 3.40. The molecule has 2 N–H and O–H groups in total. The first-order valence-corrected chi connectivity index (χ1v) is 7.30. The van der Waals surface area contributed by atoms with Gasteiger partial charge >= 0.3 is 0 Å². The number of hydrogen-bond acceptors (Lipinski definition) is 3. The van der Waals surface area contributed by atoms with Gasteiger partial charge in [-0.15, -0.1) is 11.3 Å². The van der Waals surface area contributed by atoms with Gasteiger partial charge in [0, 0.05) is 17.4 Å². The van der Waals surface area contributed by atoms with Crippen LogP contribution in [-0.4, -0.2) is 11.5 Å². The normalized spacial score (nSPS) is 16.8. The zero-order valence-corrected chi connectivity index (χ0v) is 11.5. The van der Waals surface area contributed by atoms with Crippen molar-refractivity contribution in [1.82, 2.24) is 4.98 Å². The summed E-state index contributed by atoms with van der Waals surface area (Å²) < 4.78 is 0. The third-order valence-electron chi connectivity index (χ3n) is 3.78. The molecule has 1 fully saturated rings. The van der Waals surface area contributed by atoms with Gasteiger partial charge in [0.2, 0.25) is 0 Å². The first-order chi connectivity index (χ1) is 8.71. The highest BCUT2D eigenvalue weighted by molar-refractivity contribution is 7.09. The molecule has 2 aromatic rings. The number of rotatable bonds is 4. The Morgan fingerprint density at radius 3 is 2.89 bits per heavy atom. The van der Waals surface area contributed by atoms with Crippen LogP contribution in [0, 0.1) is 12.3 Å². The molecular formula is C15H18N2S. The Hall–Kier alpha value is -1.19. The number of nitrogens with zero attached hydrogens (tertiary/aromatic N) is 1. The monoisotopic (exact) mass is 258 g/mol. The van der Waals surface area contributed by atoms with E-state index in [1.807, 2.05) is 0 Å². The van der Waals surface area contributed by atoms with Crippen LogP contribution < -0.4 is 5.73 Å². The van der Waals surface area contributed by atoms with Gasteiger partial charge in [-0.05, 0) is 37.8 Å². The van der Waals surface area contributed by atoms with Crippen molar-refractivity contribution in [3.8, 4) is 11.3 Å². The molecule has 0 unspecified atom stereocenters. The van der Waals surface area contributed by atoms with Gasteiger partial charge in [-0.3, -0.25) is 0 Å². The SMILES string of the molecule is Cc1cccc(-c2csc(CC3(CN)CC3)n2)c1. The molecule has 0 aliphatic heterocycles. The van der Waals surface area contributed by atoms with Crippen molar-refractivity contribution in [1.29, 1.82) is 0 Å². The fourth-order valence-corrected chi connectivity index (χ4v) is 3.26. The number of thiazole rings is 1. The van der Waals surface area contributed by atoms with Gasteiger partial charge in [0.1, 0.15) is 0 Å². The topological polar surface area (TPSA) is 38.9 Å². The lowest BCUT2D eigenvalue weighted by Gasteiger charge is -2.08. The molecule has 18 heavy (non-hydrogen) atoms. The summed E-state index contributed by atoms with van der Waals surface area (Å²) in [7, 11) is 0. The number of hydrogen-bond donors (Lipinski definition) is 1. The summed E-state index contributed by atoms with van der Waals surface area (Å²) in [6, 6.07) is 8.52. The molecule has 1 heterocycles. The summed E-state index contributed by atoms with van der Waals surface area (Å²) in [5.74, 6) is 0. The van der Waals surface area contributed by atoms with Crippen LogP contribution in [0.2, 0.25) is 0 Å². The van der Waals surface area contributed by atoms with E-state index in [-0.39, 0.29) is 0 Å². The first kappa shape index (κ1) is 11.9. The molecule has 0 spiro atoms. The number of aryl methyl sites for hydroxylation is 1. The second kappa shape index (κ2) is 4.48. The van der Waals surface area contributed by atoms with Crippen LogP contribution in [0.25, 0.3) is 11.3 Å². The van der Waals surface area contributed by atoms with Gasteiger partial charge in [0.25, 0.3) is 0 Å². The summed E-state index contributed by atoms with van der Waals surface area (Å²) in [6.07, 6.45) is 3.59. The second-order valence-electron chi connectivity index (χ2n) is 5.38. The van der Waals surface area contributed by atoms with Crippen molar-refractivity contribution in [2.24, 2.45) is 11.1 Å². The molecule has 0 radical (unpaired) electrons. The zero-order chi connectivity index (χ0) is 12.6. The van der Waals surface area contributed by atoms with Crippen molar-refractivity contribution < 1.29 is 0 Å². The number of aromatic nitrogens is 1. The van der Waals surface area contributed by atoms with Gasteiger partial charge in [0.05, 0.1) is 10.7 Å². The van der Waals surface area contributed by atoms with Gasteiger partial charge in [-0.1, -0.05) is 23.8 Å². The number of benzene rings is 1. The van der Waals surface area contributed by atoms with Crippen LogP contribution in [0.5, 0.6) is 0 Å². The van der Waals surface area contributed by atoms with E-state index >= 15 is 0 Å². The van der Waals surface area contributed by atoms with E-state index in [1.165, 1.54) is 29.0 Å². The number of nitrogens with two attached hydrogens (primary N) is 1. The fourth-order valence-electron chi connectivity index (χ4n) is 2.28. The molecule has 1 aliphatic carbocycles. The Kier molecular flexibility index (Phi) is 2.96. The highest BCUT2D eigenvalue weighted by atomic mass is 32.1. The Morgan fingerprint density at radius 1 is 1.39 bits per heavy atom. The zero-order valence-electron chi connectivity index (χ0n) is 10.6. The van der Waals surface area contributed by atoms with Gasteiger partial charge in [-0.2, -0.15) is 0 Å². The minimum absolute atomic E-state index is 0.377. The average Bonchev–Trinajstić information content (AvgIpc) is 2.99. The molecule has 0 amide bonds. The summed E-state index contributed by atoms with van der Waals surface area (Å²) in [6.45, 7) is 2.91. The largest absolute Gasteiger partial charge is 0.330 e. The third-order valence-corrected chi connectivity index (χ3v) is 4.63. The Morgan fingerprint density at radius 2 is 2.22 bits per heavy atom. The Bertz CT molecular complexity index is 555. The summed E-state index contributed by atoms with van der Waals surface area (Å²) in [4.78, 5) is 4.76. The highest BCUT2D eigenvalue weighted by Crippen LogP contribution is 2.47. The lowest BCUT2D eigenvalue weighted by molar-refractivity contribution is 0.520. The quantitative estimate of drug-likeness (QED) is 0.913. The highest BCUT2D eigenvalue weighted by Gasteiger charge is 2.41. The van der Waals surface area contributed by atoms with E-state index in [0.29, 0.717) is 5.41 Å². The van der Waals surface area contributed by atoms with Crippen molar-refractivity contribution in [3.05, 3.63) is 40.2 Å². The van der Waals surface area contributed by atoms with Crippen molar-refractivity contribution in [2.45, 2.75) is 26.2 Å². The van der Waals surface area contributed by atoms with Gasteiger partial charge in [-0.25, -0.2) is 4.98 Å². The molecule has 0 bridgehead atoms. The van der Waals surface area contributed by atoms with E-state index in [9.17, 15) is 0 Å². The van der Waals surface area contributed by atoms with Gasteiger partial charge in [0.15, 0.2) is 0 Å². The standard InChI is InChI=1S/C15H18N2S/c1-11-3-2-4-12(7-11)13-9-18-14(17-13)8-15(10-16)5-6-15/h2-4,7,9H,5-6,8,10,16H2,1H3. The van der Waals surface area contributed by atoms with E-state index < -0.39 is 0 Å².